The summed E-state index contributed by atoms with van der Waals surface area (Å²) in [7, 11) is 0. The van der Waals surface area contributed by atoms with Crippen LogP contribution in [0.25, 0.3) is 11.1 Å². The fourth-order valence-corrected chi connectivity index (χ4v) is 2.28. The first-order chi connectivity index (χ1) is 7.18. The summed E-state index contributed by atoms with van der Waals surface area (Å²) in [5, 5.41) is 10.7. The Morgan fingerprint density at radius 3 is 2.73 bits per heavy atom. The van der Waals surface area contributed by atoms with Gasteiger partial charge in [-0.25, -0.2) is 4.79 Å². The molecule has 1 heterocycles. The van der Waals surface area contributed by atoms with Crippen molar-refractivity contribution >= 4 is 28.9 Å². The van der Waals surface area contributed by atoms with E-state index in [4.69, 9.17) is 16.7 Å². The third-order valence-electron chi connectivity index (χ3n) is 2.04. The van der Waals surface area contributed by atoms with E-state index in [0.29, 0.717) is 4.34 Å². The van der Waals surface area contributed by atoms with Gasteiger partial charge >= 0.3 is 5.97 Å². The van der Waals surface area contributed by atoms with Crippen LogP contribution in [0.4, 0.5) is 0 Å². The highest BCUT2D eigenvalue weighted by Crippen LogP contribution is 2.32. The first-order valence-electron chi connectivity index (χ1n) is 4.25. The second-order valence-corrected chi connectivity index (χ2v) is 4.51. The first-order valence-corrected chi connectivity index (χ1v) is 5.51. The second-order valence-electron chi connectivity index (χ2n) is 2.99. The van der Waals surface area contributed by atoms with Crippen molar-refractivity contribution in [2.75, 3.05) is 0 Å². The molecule has 0 aliphatic heterocycles. The quantitative estimate of drug-likeness (QED) is 0.865. The molecule has 0 saturated heterocycles. The van der Waals surface area contributed by atoms with Crippen LogP contribution in [-0.4, -0.2) is 11.1 Å². The number of aromatic carboxylic acids is 1. The van der Waals surface area contributed by atoms with Gasteiger partial charge in [-0.1, -0.05) is 23.7 Å². The SMILES string of the molecule is O=C(O)c1cccc(-c2ccsc2Cl)c1. The predicted octanol–water partition coefficient (Wildman–Crippen LogP) is 3.77. The molecule has 0 bridgehead atoms. The maximum Gasteiger partial charge on any atom is 0.335 e. The van der Waals surface area contributed by atoms with Crippen LogP contribution in [0.3, 0.4) is 0 Å². The van der Waals surface area contributed by atoms with Crippen molar-refractivity contribution < 1.29 is 9.90 Å². The molecule has 0 atom stereocenters. The zero-order valence-electron chi connectivity index (χ0n) is 7.61. The minimum atomic E-state index is -0.928. The number of hydrogen-bond donors (Lipinski definition) is 1. The summed E-state index contributed by atoms with van der Waals surface area (Å²) in [5.41, 5.74) is 1.99. The highest BCUT2D eigenvalue weighted by Gasteiger charge is 2.07. The smallest absolute Gasteiger partial charge is 0.335 e. The summed E-state index contributed by atoms with van der Waals surface area (Å²) in [4.78, 5) is 10.8. The predicted molar refractivity (Wildman–Crippen MR) is 61.7 cm³/mol. The number of carbonyl (C=O) groups is 1. The number of carboxylic acids is 1. The Kier molecular flexibility index (Phi) is 2.75. The number of halogens is 1. The van der Waals surface area contributed by atoms with Crippen LogP contribution < -0.4 is 0 Å². The van der Waals surface area contributed by atoms with E-state index < -0.39 is 5.97 Å². The van der Waals surface area contributed by atoms with Crippen molar-refractivity contribution in [3.8, 4) is 11.1 Å². The number of hydrogen-bond acceptors (Lipinski definition) is 2. The molecule has 0 radical (unpaired) electrons. The summed E-state index contributed by atoms with van der Waals surface area (Å²) in [5.74, 6) is -0.928. The molecule has 0 spiro atoms. The highest BCUT2D eigenvalue weighted by atomic mass is 35.5. The van der Waals surface area contributed by atoms with Gasteiger partial charge in [0.15, 0.2) is 0 Å². The lowest BCUT2D eigenvalue weighted by Crippen LogP contribution is -1.95. The van der Waals surface area contributed by atoms with E-state index in [0.717, 1.165) is 11.1 Å². The van der Waals surface area contributed by atoms with Crippen LogP contribution >= 0.6 is 22.9 Å². The summed E-state index contributed by atoms with van der Waals surface area (Å²) < 4.78 is 0.678. The Morgan fingerprint density at radius 1 is 1.33 bits per heavy atom. The lowest BCUT2D eigenvalue weighted by Gasteiger charge is -2.00. The Morgan fingerprint density at radius 2 is 2.13 bits per heavy atom. The van der Waals surface area contributed by atoms with E-state index in [9.17, 15) is 4.79 Å². The molecule has 0 unspecified atom stereocenters. The van der Waals surface area contributed by atoms with Gasteiger partial charge in [-0.15, -0.1) is 11.3 Å². The van der Waals surface area contributed by atoms with Crippen molar-refractivity contribution in [1.82, 2.24) is 0 Å². The Hall–Kier alpha value is -1.32. The van der Waals surface area contributed by atoms with Gasteiger partial charge in [-0.3, -0.25) is 0 Å². The normalized spacial score (nSPS) is 10.2. The molecular weight excluding hydrogens is 232 g/mol. The molecule has 0 aliphatic rings. The topological polar surface area (TPSA) is 37.3 Å². The van der Waals surface area contributed by atoms with Crippen LogP contribution in [0.15, 0.2) is 35.7 Å². The van der Waals surface area contributed by atoms with E-state index in [1.54, 1.807) is 18.2 Å². The molecule has 2 aromatic rings. The molecule has 4 heteroatoms. The van der Waals surface area contributed by atoms with Gasteiger partial charge < -0.3 is 5.11 Å². The van der Waals surface area contributed by atoms with Gasteiger partial charge in [0.1, 0.15) is 4.34 Å². The van der Waals surface area contributed by atoms with Crippen molar-refractivity contribution in [3.63, 3.8) is 0 Å². The van der Waals surface area contributed by atoms with Crippen LogP contribution in [0.5, 0.6) is 0 Å². The molecule has 0 fully saturated rings. The highest BCUT2D eigenvalue weighted by molar-refractivity contribution is 7.15. The zero-order valence-corrected chi connectivity index (χ0v) is 9.18. The minimum Gasteiger partial charge on any atom is -0.478 e. The lowest BCUT2D eigenvalue weighted by atomic mass is 10.1. The van der Waals surface area contributed by atoms with E-state index in [1.165, 1.54) is 11.3 Å². The van der Waals surface area contributed by atoms with Crippen LogP contribution in [-0.2, 0) is 0 Å². The Labute approximate surface area is 95.8 Å². The number of rotatable bonds is 2. The zero-order chi connectivity index (χ0) is 10.8. The number of thiophene rings is 1. The van der Waals surface area contributed by atoms with Gasteiger partial charge in [0.05, 0.1) is 5.56 Å². The van der Waals surface area contributed by atoms with Gasteiger partial charge in [-0.05, 0) is 29.1 Å². The van der Waals surface area contributed by atoms with E-state index in [2.05, 4.69) is 0 Å². The maximum atomic E-state index is 10.8. The summed E-state index contributed by atoms with van der Waals surface area (Å²) in [6.07, 6.45) is 0. The van der Waals surface area contributed by atoms with E-state index >= 15 is 0 Å². The van der Waals surface area contributed by atoms with E-state index in [-0.39, 0.29) is 5.56 Å². The summed E-state index contributed by atoms with van der Waals surface area (Å²) in [6.45, 7) is 0. The Bertz CT molecular complexity index is 505. The fourth-order valence-electron chi connectivity index (χ4n) is 1.32. The molecule has 2 rings (SSSR count). The van der Waals surface area contributed by atoms with E-state index in [1.807, 2.05) is 17.5 Å². The van der Waals surface area contributed by atoms with Gasteiger partial charge in [0.2, 0.25) is 0 Å². The van der Waals surface area contributed by atoms with Gasteiger partial charge in [-0.2, -0.15) is 0 Å². The van der Waals surface area contributed by atoms with Gasteiger partial charge in [0.25, 0.3) is 0 Å². The summed E-state index contributed by atoms with van der Waals surface area (Å²) in [6, 6.07) is 8.63. The largest absolute Gasteiger partial charge is 0.478 e. The molecule has 0 saturated carbocycles. The minimum absolute atomic E-state index is 0.273. The van der Waals surface area contributed by atoms with Gasteiger partial charge in [0, 0.05) is 5.56 Å². The monoisotopic (exact) mass is 238 g/mol. The van der Waals surface area contributed by atoms with Crippen LogP contribution in [0.2, 0.25) is 4.34 Å². The van der Waals surface area contributed by atoms with Crippen molar-refractivity contribution in [2.24, 2.45) is 0 Å². The average molecular weight is 239 g/mol. The van der Waals surface area contributed by atoms with Crippen LogP contribution in [0, 0.1) is 0 Å². The molecule has 1 aromatic carbocycles. The van der Waals surface area contributed by atoms with Crippen molar-refractivity contribution in [1.29, 1.82) is 0 Å². The lowest BCUT2D eigenvalue weighted by molar-refractivity contribution is 0.0697. The molecule has 0 aliphatic carbocycles. The summed E-state index contributed by atoms with van der Waals surface area (Å²) >= 11 is 7.41. The average Bonchev–Trinajstić information content (AvgIpc) is 2.64. The maximum absolute atomic E-state index is 10.8. The number of benzene rings is 1. The fraction of sp³-hybridized carbons (Fsp3) is 0. The third kappa shape index (κ3) is 2.03. The molecule has 0 amide bonds. The third-order valence-corrected chi connectivity index (χ3v) is 3.21. The molecule has 2 nitrogen and oxygen atoms in total. The van der Waals surface area contributed by atoms with Crippen LogP contribution in [0.1, 0.15) is 10.4 Å². The molecule has 15 heavy (non-hydrogen) atoms. The Balaban J connectivity index is 2.50. The molecule has 1 N–H and O–H groups in total. The second kappa shape index (κ2) is 4.04. The van der Waals surface area contributed by atoms with Crippen molar-refractivity contribution in [3.05, 3.63) is 45.6 Å². The molecule has 76 valence electrons. The van der Waals surface area contributed by atoms with Crippen molar-refractivity contribution in [2.45, 2.75) is 0 Å². The molecule has 1 aromatic heterocycles. The standard InChI is InChI=1S/C11H7ClO2S/c12-10-9(4-5-15-10)7-2-1-3-8(6-7)11(13)14/h1-6H,(H,13,14). The first kappa shape index (κ1) is 10.2. The number of carboxylic acid groups (broad SMARTS) is 1. The molecular formula is C11H7ClO2S.